The molecular formula is C14H24N2O. The molecule has 0 aliphatic heterocycles. The first kappa shape index (κ1) is 14.0. The highest BCUT2D eigenvalue weighted by atomic mass is 16.3. The Bertz CT molecular complexity index is 303. The minimum atomic E-state index is 0.161. The van der Waals surface area contributed by atoms with E-state index >= 15 is 0 Å². The summed E-state index contributed by atoms with van der Waals surface area (Å²) < 4.78 is 0. The van der Waals surface area contributed by atoms with E-state index in [1.807, 2.05) is 0 Å². The quantitative estimate of drug-likeness (QED) is 0.756. The smallest absolute Gasteiger partial charge is 0.0474 e. The number of aliphatic hydroxyl groups excluding tert-OH is 1. The van der Waals surface area contributed by atoms with Crippen LogP contribution in [0.15, 0.2) is 24.3 Å². The van der Waals surface area contributed by atoms with Crippen LogP contribution in [0, 0.1) is 5.92 Å². The van der Waals surface area contributed by atoms with E-state index in [2.05, 4.69) is 43.0 Å². The molecule has 1 atom stereocenters. The van der Waals surface area contributed by atoms with E-state index in [0.717, 1.165) is 19.5 Å². The number of aliphatic hydroxyl groups is 1. The maximum atomic E-state index is 9.12. The van der Waals surface area contributed by atoms with Gasteiger partial charge in [0.1, 0.15) is 0 Å². The third-order valence-corrected chi connectivity index (χ3v) is 3.18. The van der Waals surface area contributed by atoms with Gasteiger partial charge in [-0.3, -0.25) is 0 Å². The maximum Gasteiger partial charge on any atom is 0.0474 e. The molecule has 1 aromatic rings. The maximum absolute atomic E-state index is 9.12. The van der Waals surface area contributed by atoms with Crippen molar-refractivity contribution in [3.8, 4) is 0 Å². The first-order valence-electron chi connectivity index (χ1n) is 6.39. The molecule has 0 spiro atoms. The number of hydrogen-bond acceptors (Lipinski definition) is 3. The number of hydrogen-bond donors (Lipinski definition) is 2. The van der Waals surface area contributed by atoms with Gasteiger partial charge < -0.3 is 15.7 Å². The summed E-state index contributed by atoms with van der Waals surface area (Å²) in [5, 5.41) is 9.12. The number of nitrogens with two attached hydrogens (primary N) is 1. The summed E-state index contributed by atoms with van der Waals surface area (Å²) in [6, 6.07) is 8.55. The lowest BCUT2D eigenvalue weighted by Crippen LogP contribution is -2.22. The molecule has 3 N–H and O–H groups in total. The van der Waals surface area contributed by atoms with Crippen molar-refractivity contribution >= 4 is 5.69 Å². The van der Waals surface area contributed by atoms with Crippen molar-refractivity contribution in [2.24, 2.45) is 11.7 Å². The lowest BCUT2D eigenvalue weighted by molar-refractivity contribution is 0.230. The van der Waals surface area contributed by atoms with Gasteiger partial charge in [-0.25, -0.2) is 0 Å². The van der Waals surface area contributed by atoms with Crippen molar-refractivity contribution in [2.45, 2.75) is 20.3 Å². The average molecular weight is 236 g/mol. The molecule has 1 aromatic carbocycles. The molecule has 0 heterocycles. The Morgan fingerprint density at radius 3 is 2.18 bits per heavy atom. The van der Waals surface area contributed by atoms with E-state index in [0.29, 0.717) is 6.54 Å². The third-order valence-electron chi connectivity index (χ3n) is 3.18. The minimum absolute atomic E-state index is 0.161. The van der Waals surface area contributed by atoms with Crippen LogP contribution >= 0.6 is 0 Å². The summed E-state index contributed by atoms with van der Waals surface area (Å²) >= 11 is 0. The average Bonchev–Trinajstić information content (AvgIpc) is 2.39. The van der Waals surface area contributed by atoms with Crippen LogP contribution in [0.1, 0.15) is 19.4 Å². The highest BCUT2D eigenvalue weighted by molar-refractivity contribution is 5.47. The van der Waals surface area contributed by atoms with Crippen LogP contribution in [0.25, 0.3) is 0 Å². The van der Waals surface area contributed by atoms with E-state index in [1.165, 1.54) is 11.3 Å². The largest absolute Gasteiger partial charge is 0.396 e. The van der Waals surface area contributed by atoms with Crippen LogP contribution in [0.3, 0.4) is 0 Å². The monoisotopic (exact) mass is 236 g/mol. The normalized spacial score (nSPS) is 12.5. The van der Waals surface area contributed by atoms with Gasteiger partial charge in [-0.15, -0.1) is 0 Å². The fourth-order valence-electron chi connectivity index (χ4n) is 1.99. The summed E-state index contributed by atoms with van der Waals surface area (Å²) in [5.41, 5.74) is 8.08. The van der Waals surface area contributed by atoms with Gasteiger partial charge in [-0.05, 0) is 50.4 Å². The fourth-order valence-corrected chi connectivity index (χ4v) is 1.99. The molecular weight excluding hydrogens is 212 g/mol. The van der Waals surface area contributed by atoms with Gasteiger partial charge in [0, 0.05) is 25.4 Å². The topological polar surface area (TPSA) is 49.5 Å². The molecule has 0 radical (unpaired) electrons. The van der Waals surface area contributed by atoms with E-state index in [1.54, 1.807) is 0 Å². The van der Waals surface area contributed by atoms with Crippen LogP contribution in [0.2, 0.25) is 0 Å². The highest BCUT2D eigenvalue weighted by Crippen LogP contribution is 2.16. The molecule has 0 saturated carbocycles. The lowest BCUT2D eigenvalue weighted by Gasteiger charge is -2.21. The summed E-state index contributed by atoms with van der Waals surface area (Å²) in [7, 11) is 0. The molecule has 17 heavy (non-hydrogen) atoms. The van der Waals surface area contributed by atoms with E-state index in [9.17, 15) is 0 Å². The molecule has 0 aliphatic carbocycles. The van der Waals surface area contributed by atoms with Crippen LogP contribution in [-0.4, -0.2) is 31.3 Å². The molecule has 3 heteroatoms. The van der Waals surface area contributed by atoms with E-state index in [-0.39, 0.29) is 12.5 Å². The van der Waals surface area contributed by atoms with Crippen molar-refractivity contribution in [3.63, 3.8) is 0 Å². The standard InChI is InChI=1S/C14H24N2O/c1-3-16(4-2)14-7-5-12(6-8-14)9-13(10-15)11-17/h5-8,13,17H,3-4,9-11,15H2,1-2H3. The van der Waals surface area contributed by atoms with Gasteiger partial charge in [0.2, 0.25) is 0 Å². The summed E-state index contributed by atoms with van der Waals surface area (Å²) in [6.45, 7) is 7.07. The Kier molecular flexibility index (Phi) is 6.01. The Hall–Kier alpha value is -1.06. The van der Waals surface area contributed by atoms with Gasteiger partial charge >= 0.3 is 0 Å². The molecule has 0 aliphatic rings. The Balaban J connectivity index is 2.67. The van der Waals surface area contributed by atoms with Crippen molar-refractivity contribution in [1.82, 2.24) is 0 Å². The Labute approximate surface area is 104 Å². The number of rotatable bonds is 7. The van der Waals surface area contributed by atoms with Crippen LogP contribution in [-0.2, 0) is 6.42 Å². The molecule has 96 valence electrons. The van der Waals surface area contributed by atoms with Crippen molar-refractivity contribution in [1.29, 1.82) is 0 Å². The zero-order chi connectivity index (χ0) is 12.7. The van der Waals surface area contributed by atoms with Gasteiger partial charge in [0.15, 0.2) is 0 Å². The predicted octanol–water partition coefficient (Wildman–Crippen LogP) is 1.64. The molecule has 0 saturated heterocycles. The minimum Gasteiger partial charge on any atom is -0.396 e. The molecule has 3 nitrogen and oxygen atoms in total. The predicted molar refractivity (Wildman–Crippen MR) is 73.3 cm³/mol. The van der Waals surface area contributed by atoms with Crippen LogP contribution in [0.5, 0.6) is 0 Å². The number of benzene rings is 1. The van der Waals surface area contributed by atoms with E-state index < -0.39 is 0 Å². The molecule has 0 bridgehead atoms. The molecule has 1 unspecified atom stereocenters. The van der Waals surface area contributed by atoms with Gasteiger partial charge in [-0.1, -0.05) is 12.1 Å². The zero-order valence-corrected chi connectivity index (χ0v) is 10.9. The SMILES string of the molecule is CCN(CC)c1ccc(CC(CN)CO)cc1. The van der Waals surface area contributed by atoms with Gasteiger partial charge in [-0.2, -0.15) is 0 Å². The first-order chi connectivity index (χ1) is 8.24. The second-order valence-corrected chi connectivity index (χ2v) is 4.33. The Morgan fingerprint density at radius 1 is 1.18 bits per heavy atom. The second kappa shape index (κ2) is 7.30. The van der Waals surface area contributed by atoms with Gasteiger partial charge in [0.05, 0.1) is 0 Å². The lowest BCUT2D eigenvalue weighted by atomic mass is 10.00. The van der Waals surface area contributed by atoms with E-state index in [4.69, 9.17) is 10.8 Å². The first-order valence-corrected chi connectivity index (χ1v) is 6.39. The van der Waals surface area contributed by atoms with Crippen molar-refractivity contribution in [3.05, 3.63) is 29.8 Å². The zero-order valence-electron chi connectivity index (χ0n) is 10.9. The summed E-state index contributed by atoms with van der Waals surface area (Å²) in [5.74, 6) is 0.175. The molecule has 0 amide bonds. The van der Waals surface area contributed by atoms with Crippen LogP contribution in [0.4, 0.5) is 5.69 Å². The summed E-state index contributed by atoms with van der Waals surface area (Å²) in [4.78, 5) is 2.32. The number of nitrogens with zero attached hydrogens (tertiary/aromatic N) is 1. The highest BCUT2D eigenvalue weighted by Gasteiger charge is 2.07. The molecule has 1 rings (SSSR count). The third kappa shape index (κ3) is 4.02. The van der Waals surface area contributed by atoms with Gasteiger partial charge in [0.25, 0.3) is 0 Å². The summed E-state index contributed by atoms with van der Waals surface area (Å²) in [6.07, 6.45) is 0.853. The number of anilines is 1. The Morgan fingerprint density at radius 2 is 1.76 bits per heavy atom. The molecule has 0 fully saturated rings. The van der Waals surface area contributed by atoms with Crippen molar-refractivity contribution in [2.75, 3.05) is 31.1 Å². The molecule has 0 aromatic heterocycles. The van der Waals surface area contributed by atoms with Crippen molar-refractivity contribution < 1.29 is 5.11 Å². The fraction of sp³-hybridized carbons (Fsp3) is 0.571. The van der Waals surface area contributed by atoms with Crippen LogP contribution < -0.4 is 10.6 Å². The second-order valence-electron chi connectivity index (χ2n) is 4.33.